The molecule has 1 aromatic carbocycles. The van der Waals surface area contributed by atoms with Crippen molar-refractivity contribution in [1.29, 1.82) is 0 Å². The number of ether oxygens (including phenoxy) is 1. The maximum atomic E-state index is 13.3. The lowest BCUT2D eigenvalue weighted by atomic mass is 10.1. The fraction of sp³-hybridized carbons (Fsp3) is 0.273. The molecule has 0 atom stereocenters. The van der Waals surface area contributed by atoms with Crippen molar-refractivity contribution in [3.63, 3.8) is 0 Å². The largest absolute Gasteiger partial charge is 0.434 e. The van der Waals surface area contributed by atoms with Gasteiger partial charge in [-0.15, -0.1) is 11.6 Å². The maximum absolute atomic E-state index is 13.3. The molecule has 0 radical (unpaired) electrons. The number of alkyl halides is 3. The van der Waals surface area contributed by atoms with Crippen molar-refractivity contribution >= 4 is 17.7 Å². The van der Waals surface area contributed by atoms with Crippen molar-refractivity contribution in [3.05, 3.63) is 35.7 Å². The minimum atomic E-state index is -2.97. The lowest BCUT2D eigenvalue weighted by Crippen LogP contribution is -2.04. The first kappa shape index (κ1) is 12.9. The molecule has 0 fully saturated rings. The zero-order valence-electron chi connectivity index (χ0n) is 8.30. The van der Waals surface area contributed by atoms with Gasteiger partial charge in [0.2, 0.25) is 0 Å². The van der Waals surface area contributed by atoms with Gasteiger partial charge in [-0.2, -0.15) is 8.78 Å². The van der Waals surface area contributed by atoms with Crippen LogP contribution in [0.1, 0.15) is 12.0 Å². The Kier molecular flexibility index (Phi) is 5.19. The lowest BCUT2D eigenvalue weighted by Gasteiger charge is -2.08. The van der Waals surface area contributed by atoms with Crippen molar-refractivity contribution < 1.29 is 17.9 Å². The molecular weight excluding hydrogens is 241 g/mol. The molecule has 0 bridgehead atoms. The van der Waals surface area contributed by atoms with E-state index >= 15 is 0 Å². The minimum Gasteiger partial charge on any atom is -0.434 e. The van der Waals surface area contributed by atoms with E-state index in [0.29, 0.717) is 12.3 Å². The number of halogens is 4. The summed E-state index contributed by atoms with van der Waals surface area (Å²) in [5.74, 6) is -0.402. The molecule has 88 valence electrons. The Morgan fingerprint density at radius 1 is 1.38 bits per heavy atom. The number of allylic oxidation sites excluding steroid dienone is 1. The second-order valence-corrected chi connectivity index (χ2v) is 3.29. The molecule has 1 rings (SSSR count). The monoisotopic (exact) mass is 250 g/mol. The Balaban J connectivity index is 2.94. The summed E-state index contributed by atoms with van der Waals surface area (Å²) < 4.78 is 41.6. The fourth-order valence-corrected chi connectivity index (χ4v) is 1.27. The van der Waals surface area contributed by atoms with Gasteiger partial charge in [0, 0.05) is 5.88 Å². The number of hydrogen-bond donors (Lipinski definition) is 0. The first-order chi connectivity index (χ1) is 7.65. The molecule has 0 aliphatic heterocycles. The van der Waals surface area contributed by atoms with Gasteiger partial charge in [-0.3, -0.25) is 0 Å². The molecule has 0 aromatic heterocycles. The molecule has 0 unspecified atom stereocenters. The fourth-order valence-electron chi connectivity index (χ4n) is 1.14. The van der Waals surface area contributed by atoms with Crippen LogP contribution in [-0.2, 0) is 0 Å². The Bertz CT molecular complexity index is 366. The average Bonchev–Trinajstić information content (AvgIpc) is 2.21. The quantitative estimate of drug-likeness (QED) is 0.716. The van der Waals surface area contributed by atoms with Crippen LogP contribution >= 0.6 is 11.6 Å². The van der Waals surface area contributed by atoms with Crippen molar-refractivity contribution in [1.82, 2.24) is 0 Å². The van der Waals surface area contributed by atoms with Gasteiger partial charge in [-0.05, 0) is 18.6 Å². The van der Waals surface area contributed by atoms with E-state index in [2.05, 4.69) is 4.74 Å². The number of rotatable bonds is 5. The predicted molar refractivity (Wildman–Crippen MR) is 57.4 cm³/mol. The van der Waals surface area contributed by atoms with Crippen LogP contribution < -0.4 is 4.74 Å². The second-order valence-electron chi connectivity index (χ2n) is 2.91. The van der Waals surface area contributed by atoms with E-state index in [1.807, 2.05) is 0 Å². The summed E-state index contributed by atoms with van der Waals surface area (Å²) in [4.78, 5) is 0. The molecule has 0 aliphatic rings. The summed E-state index contributed by atoms with van der Waals surface area (Å²) in [7, 11) is 0. The highest BCUT2D eigenvalue weighted by Gasteiger charge is 2.10. The highest BCUT2D eigenvalue weighted by molar-refractivity contribution is 6.17. The molecule has 0 amide bonds. The molecule has 0 saturated heterocycles. The van der Waals surface area contributed by atoms with Crippen LogP contribution in [0.2, 0.25) is 0 Å². The molecule has 5 heteroatoms. The highest BCUT2D eigenvalue weighted by Crippen LogP contribution is 2.24. The molecule has 0 saturated carbocycles. The molecule has 16 heavy (non-hydrogen) atoms. The van der Waals surface area contributed by atoms with E-state index < -0.39 is 12.4 Å². The van der Waals surface area contributed by atoms with Gasteiger partial charge in [-0.1, -0.05) is 18.2 Å². The first-order valence-electron chi connectivity index (χ1n) is 4.61. The third kappa shape index (κ3) is 3.77. The third-order valence-electron chi connectivity index (χ3n) is 1.79. The first-order valence-corrected chi connectivity index (χ1v) is 5.14. The van der Waals surface area contributed by atoms with Crippen LogP contribution in [0, 0.1) is 5.82 Å². The van der Waals surface area contributed by atoms with Crippen LogP contribution in [0.3, 0.4) is 0 Å². The van der Waals surface area contributed by atoms with Gasteiger partial charge < -0.3 is 4.74 Å². The van der Waals surface area contributed by atoms with Crippen LogP contribution in [0.5, 0.6) is 5.75 Å². The molecular formula is C11H10ClF3O. The van der Waals surface area contributed by atoms with Crippen LogP contribution in [-0.4, -0.2) is 12.5 Å². The summed E-state index contributed by atoms with van der Waals surface area (Å²) in [6.07, 6.45) is 3.52. The van der Waals surface area contributed by atoms with Crippen molar-refractivity contribution in [2.45, 2.75) is 13.0 Å². The van der Waals surface area contributed by atoms with Crippen molar-refractivity contribution in [3.8, 4) is 5.75 Å². The zero-order chi connectivity index (χ0) is 12.0. The van der Waals surface area contributed by atoms with Crippen LogP contribution in [0.4, 0.5) is 13.2 Å². The van der Waals surface area contributed by atoms with E-state index in [9.17, 15) is 13.2 Å². The van der Waals surface area contributed by atoms with Gasteiger partial charge in [-0.25, -0.2) is 4.39 Å². The topological polar surface area (TPSA) is 9.23 Å². The normalized spacial score (nSPS) is 11.3. The van der Waals surface area contributed by atoms with Gasteiger partial charge in [0.05, 0.1) is 5.56 Å². The van der Waals surface area contributed by atoms with Crippen LogP contribution in [0.15, 0.2) is 24.3 Å². The van der Waals surface area contributed by atoms with E-state index in [4.69, 9.17) is 11.6 Å². The standard InChI is InChI=1S/C11H10ClF3O/c12-7-2-1-4-8-9(13)5-3-6-10(8)16-11(14)15/h1,3-6,11H,2,7H2. The predicted octanol–water partition coefficient (Wildman–Crippen LogP) is 4.07. The molecule has 1 nitrogen and oxygen atoms in total. The summed E-state index contributed by atoms with van der Waals surface area (Å²) in [6.45, 7) is -2.97. The van der Waals surface area contributed by atoms with E-state index in [0.717, 1.165) is 0 Å². The number of benzene rings is 1. The lowest BCUT2D eigenvalue weighted by molar-refractivity contribution is -0.0501. The summed E-state index contributed by atoms with van der Waals surface area (Å²) in [5, 5.41) is 0. The smallest absolute Gasteiger partial charge is 0.387 e. The van der Waals surface area contributed by atoms with Gasteiger partial charge >= 0.3 is 6.61 Å². The SMILES string of the molecule is Fc1cccc(OC(F)F)c1C=CCCCl. The Morgan fingerprint density at radius 2 is 2.12 bits per heavy atom. The molecule has 0 spiro atoms. The zero-order valence-corrected chi connectivity index (χ0v) is 9.05. The summed E-state index contributed by atoms with van der Waals surface area (Å²) in [6, 6.07) is 3.78. The third-order valence-corrected chi connectivity index (χ3v) is 2.01. The Labute approximate surface area is 96.5 Å². The van der Waals surface area contributed by atoms with Gasteiger partial charge in [0.25, 0.3) is 0 Å². The Morgan fingerprint density at radius 3 is 2.75 bits per heavy atom. The highest BCUT2D eigenvalue weighted by atomic mass is 35.5. The van der Waals surface area contributed by atoms with E-state index in [-0.39, 0.29) is 11.3 Å². The second kappa shape index (κ2) is 6.43. The van der Waals surface area contributed by atoms with Crippen molar-refractivity contribution in [2.75, 3.05) is 5.88 Å². The summed E-state index contributed by atoms with van der Waals surface area (Å²) >= 11 is 5.44. The van der Waals surface area contributed by atoms with E-state index in [1.54, 1.807) is 6.08 Å². The Hall–Kier alpha value is -1.16. The minimum absolute atomic E-state index is 0.00733. The molecule has 0 aliphatic carbocycles. The van der Waals surface area contributed by atoms with E-state index in [1.165, 1.54) is 24.3 Å². The average molecular weight is 251 g/mol. The number of hydrogen-bond acceptors (Lipinski definition) is 1. The molecule has 0 N–H and O–H groups in total. The molecule has 1 aromatic rings. The summed E-state index contributed by atoms with van der Waals surface area (Å²) in [5.41, 5.74) is 0.00733. The molecule has 0 heterocycles. The van der Waals surface area contributed by atoms with Gasteiger partial charge in [0.1, 0.15) is 11.6 Å². The van der Waals surface area contributed by atoms with Crippen molar-refractivity contribution in [2.24, 2.45) is 0 Å². The van der Waals surface area contributed by atoms with Gasteiger partial charge in [0.15, 0.2) is 0 Å². The van der Waals surface area contributed by atoms with Crippen LogP contribution in [0.25, 0.3) is 6.08 Å². The maximum Gasteiger partial charge on any atom is 0.387 e.